The van der Waals surface area contributed by atoms with E-state index in [2.05, 4.69) is 13.5 Å². The molecule has 0 N–H and O–H groups in total. The minimum absolute atomic E-state index is 0.101. The molecule has 2 saturated carbocycles. The van der Waals surface area contributed by atoms with Crippen LogP contribution < -0.4 is 0 Å². The van der Waals surface area contributed by atoms with Gasteiger partial charge in [0.1, 0.15) is 11.6 Å². The van der Waals surface area contributed by atoms with E-state index in [4.69, 9.17) is 0 Å². The van der Waals surface area contributed by atoms with Gasteiger partial charge in [-0.1, -0.05) is 43.7 Å². The Kier molecular flexibility index (Phi) is 6.18. The van der Waals surface area contributed by atoms with Gasteiger partial charge in [0, 0.05) is 0 Å². The van der Waals surface area contributed by atoms with Crippen molar-refractivity contribution in [1.29, 1.82) is 0 Å². The molecule has 2 aromatic rings. The van der Waals surface area contributed by atoms with Gasteiger partial charge in [-0.2, -0.15) is 0 Å². The Morgan fingerprint density at radius 2 is 1.59 bits per heavy atom. The minimum atomic E-state index is -0.432. The molecule has 2 aliphatic rings. The number of fused-ring (bicyclic) bond motifs is 1. The number of allylic oxidation sites excluding steroid dienone is 1. The van der Waals surface area contributed by atoms with Gasteiger partial charge < -0.3 is 0 Å². The van der Waals surface area contributed by atoms with E-state index in [0.29, 0.717) is 11.5 Å². The monoisotopic (exact) mass is 394 g/mol. The second-order valence-corrected chi connectivity index (χ2v) is 9.33. The molecule has 1 unspecified atom stereocenters. The third kappa shape index (κ3) is 4.47. The van der Waals surface area contributed by atoms with Crippen molar-refractivity contribution in [1.82, 2.24) is 0 Å². The first-order chi connectivity index (χ1) is 14.0. The molecule has 0 spiro atoms. The molecule has 0 radical (unpaired) electrons. The maximum absolute atomic E-state index is 15.0. The highest BCUT2D eigenvalue weighted by Gasteiger charge is 2.35. The lowest BCUT2D eigenvalue weighted by Gasteiger charge is -2.41. The number of hydrogen-bond acceptors (Lipinski definition) is 0. The Balaban J connectivity index is 1.52. The van der Waals surface area contributed by atoms with Crippen LogP contribution >= 0.6 is 0 Å². The summed E-state index contributed by atoms with van der Waals surface area (Å²) < 4.78 is 30.0. The molecule has 4 atom stereocenters. The van der Waals surface area contributed by atoms with Gasteiger partial charge in [-0.3, -0.25) is 0 Å². The fourth-order valence-corrected chi connectivity index (χ4v) is 5.64. The zero-order chi connectivity index (χ0) is 20.4. The maximum atomic E-state index is 15.0. The van der Waals surface area contributed by atoms with Gasteiger partial charge in [0.05, 0.1) is 5.56 Å². The quantitative estimate of drug-likeness (QED) is 0.450. The first-order valence-corrected chi connectivity index (χ1v) is 11.2. The van der Waals surface area contributed by atoms with Crippen LogP contribution in [0.3, 0.4) is 0 Å². The van der Waals surface area contributed by atoms with E-state index in [1.165, 1.54) is 25.7 Å². The third-order valence-electron chi connectivity index (χ3n) is 7.29. The van der Waals surface area contributed by atoms with Crippen molar-refractivity contribution >= 4 is 0 Å². The smallest absolute Gasteiger partial charge is 0.134 e. The van der Waals surface area contributed by atoms with Crippen LogP contribution in [0, 0.1) is 29.4 Å². The molecule has 29 heavy (non-hydrogen) atoms. The van der Waals surface area contributed by atoms with Crippen LogP contribution in [0.2, 0.25) is 0 Å². The highest BCUT2D eigenvalue weighted by molar-refractivity contribution is 5.65. The third-order valence-corrected chi connectivity index (χ3v) is 7.29. The molecule has 0 aliphatic heterocycles. The van der Waals surface area contributed by atoms with Crippen LogP contribution in [0.15, 0.2) is 49.1 Å². The number of hydrogen-bond donors (Lipinski definition) is 0. The Hall–Kier alpha value is -1.96. The molecule has 2 aromatic carbocycles. The molecule has 0 heterocycles. The molecule has 0 amide bonds. The molecule has 154 valence electrons. The average molecular weight is 395 g/mol. The fourth-order valence-electron chi connectivity index (χ4n) is 5.64. The van der Waals surface area contributed by atoms with E-state index in [1.807, 2.05) is 30.3 Å². The zero-order valence-corrected chi connectivity index (χ0v) is 17.5. The predicted molar refractivity (Wildman–Crippen MR) is 117 cm³/mol. The Morgan fingerprint density at radius 1 is 0.931 bits per heavy atom. The van der Waals surface area contributed by atoms with E-state index in [-0.39, 0.29) is 5.56 Å². The van der Waals surface area contributed by atoms with E-state index in [1.54, 1.807) is 12.1 Å². The van der Waals surface area contributed by atoms with Gasteiger partial charge in [0.15, 0.2) is 0 Å². The summed E-state index contributed by atoms with van der Waals surface area (Å²) in [4.78, 5) is 0. The van der Waals surface area contributed by atoms with Crippen molar-refractivity contribution in [3.8, 4) is 11.1 Å². The van der Waals surface area contributed by atoms with Gasteiger partial charge in [0.25, 0.3) is 0 Å². The first kappa shape index (κ1) is 20.3. The summed E-state index contributed by atoms with van der Waals surface area (Å²) in [6, 6.07) is 10.8. The lowest BCUT2D eigenvalue weighted by atomic mass is 9.64. The van der Waals surface area contributed by atoms with Gasteiger partial charge in [-0.05, 0) is 97.4 Å². The first-order valence-electron chi connectivity index (χ1n) is 11.2. The Morgan fingerprint density at radius 3 is 2.28 bits per heavy atom. The van der Waals surface area contributed by atoms with Crippen molar-refractivity contribution in [2.75, 3.05) is 0 Å². The summed E-state index contributed by atoms with van der Waals surface area (Å²) in [5.41, 5.74) is 2.72. The molecule has 0 aromatic heterocycles. The lowest BCUT2D eigenvalue weighted by Crippen LogP contribution is -2.29. The minimum Gasteiger partial charge on any atom is -0.206 e. The lowest BCUT2D eigenvalue weighted by molar-refractivity contribution is 0.124. The largest absolute Gasteiger partial charge is 0.206 e. The van der Waals surface area contributed by atoms with Crippen LogP contribution in [0.4, 0.5) is 8.78 Å². The van der Waals surface area contributed by atoms with E-state index < -0.39 is 11.6 Å². The second kappa shape index (κ2) is 8.81. The molecule has 0 bridgehead atoms. The van der Waals surface area contributed by atoms with Crippen molar-refractivity contribution in [3.05, 3.63) is 71.8 Å². The predicted octanol–water partition coefficient (Wildman–Crippen LogP) is 8.07. The Labute approximate surface area is 174 Å². The zero-order valence-electron chi connectivity index (χ0n) is 17.5. The molecular formula is C27H32F2. The van der Waals surface area contributed by atoms with Crippen LogP contribution in [0.1, 0.15) is 68.9 Å². The standard InChI is InChI=1S/C27H32F2/c1-3-4-5-19-7-10-20(11-8-19)27-25(28)16-24(17-26(27)29)23-13-12-21-14-18(2)6-9-22(21)15-23/h3,7-8,10-11,16-18,21-23H,1,4-6,9,12-15H2,2H3/t18?,21-,22-,23-/m1/s1. The normalized spacial score (nSPS) is 26.7. The number of aryl methyl sites for hydroxylation is 1. The van der Waals surface area contributed by atoms with E-state index in [0.717, 1.165) is 54.6 Å². The second-order valence-electron chi connectivity index (χ2n) is 9.33. The number of rotatable bonds is 5. The molecular weight excluding hydrogens is 362 g/mol. The number of benzene rings is 2. The van der Waals surface area contributed by atoms with Crippen molar-refractivity contribution in [3.63, 3.8) is 0 Å². The molecule has 2 aliphatic carbocycles. The van der Waals surface area contributed by atoms with E-state index >= 15 is 0 Å². The van der Waals surface area contributed by atoms with Crippen LogP contribution in [0.25, 0.3) is 11.1 Å². The fraction of sp³-hybridized carbons (Fsp3) is 0.481. The van der Waals surface area contributed by atoms with Crippen molar-refractivity contribution < 1.29 is 8.78 Å². The Bertz CT molecular complexity index is 828. The summed E-state index contributed by atoms with van der Waals surface area (Å²) >= 11 is 0. The average Bonchev–Trinajstić information content (AvgIpc) is 2.72. The topological polar surface area (TPSA) is 0 Å². The maximum Gasteiger partial charge on any atom is 0.134 e. The van der Waals surface area contributed by atoms with Crippen molar-refractivity contribution in [2.45, 2.75) is 64.2 Å². The van der Waals surface area contributed by atoms with Gasteiger partial charge in [-0.15, -0.1) is 6.58 Å². The number of halogens is 2. The van der Waals surface area contributed by atoms with Crippen LogP contribution in [-0.4, -0.2) is 0 Å². The summed E-state index contributed by atoms with van der Waals surface area (Å²) in [6.07, 6.45) is 11.0. The van der Waals surface area contributed by atoms with Gasteiger partial charge >= 0.3 is 0 Å². The highest BCUT2D eigenvalue weighted by atomic mass is 19.1. The summed E-state index contributed by atoms with van der Waals surface area (Å²) in [5.74, 6) is 1.83. The molecule has 2 fully saturated rings. The summed E-state index contributed by atoms with van der Waals surface area (Å²) in [5, 5.41) is 0. The highest BCUT2D eigenvalue weighted by Crippen LogP contribution is 2.48. The summed E-state index contributed by atoms with van der Waals surface area (Å²) in [6.45, 7) is 6.10. The molecule has 0 nitrogen and oxygen atoms in total. The van der Waals surface area contributed by atoms with Crippen LogP contribution in [-0.2, 0) is 6.42 Å². The molecule has 0 saturated heterocycles. The van der Waals surface area contributed by atoms with Gasteiger partial charge in [0.2, 0.25) is 0 Å². The molecule has 2 heteroatoms. The van der Waals surface area contributed by atoms with Crippen molar-refractivity contribution in [2.24, 2.45) is 17.8 Å². The SMILES string of the molecule is C=CCCc1ccc(-c2c(F)cc([C@@H]3CC[C@@H]4CC(C)CC[C@@H]4C3)cc2F)cc1. The van der Waals surface area contributed by atoms with Gasteiger partial charge in [-0.25, -0.2) is 8.78 Å². The van der Waals surface area contributed by atoms with E-state index in [9.17, 15) is 8.78 Å². The molecule has 4 rings (SSSR count). The van der Waals surface area contributed by atoms with Crippen LogP contribution in [0.5, 0.6) is 0 Å². The summed E-state index contributed by atoms with van der Waals surface area (Å²) in [7, 11) is 0.